The van der Waals surface area contributed by atoms with Gasteiger partial charge in [0.15, 0.2) is 0 Å². The molecule has 0 saturated heterocycles. The Kier molecular flexibility index (Phi) is 6.56. The Morgan fingerprint density at radius 3 is 2.19 bits per heavy atom. The predicted molar refractivity (Wildman–Crippen MR) is 116 cm³/mol. The first-order chi connectivity index (χ1) is 14.9. The molecule has 160 valence electrons. The van der Waals surface area contributed by atoms with Crippen molar-refractivity contribution in [3.63, 3.8) is 0 Å². The van der Waals surface area contributed by atoms with Crippen LogP contribution in [0.3, 0.4) is 0 Å². The maximum atomic E-state index is 13.0. The Balaban J connectivity index is 1.93. The third kappa shape index (κ3) is 5.01. The van der Waals surface area contributed by atoms with Crippen molar-refractivity contribution in [2.75, 3.05) is 24.3 Å². The van der Waals surface area contributed by atoms with Crippen LogP contribution in [0.1, 0.15) is 20.7 Å². The molecule has 8 nitrogen and oxygen atoms in total. The van der Waals surface area contributed by atoms with Gasteiger partial charge in [-0.3, -0.25) is 9.52 Å². The van der Waals surface area contributed by atoms with E-state index in [-0.39, 0.29) is 27.6 Å². The van der Waals surface area contributed by atoms with E-state index < -0.39 is 21.9 Å². The Hall–Kier alpha value is -3.85. The van der Waals surface area contributed by atoms with Gasteiger partial charge < -0.3 is 14.8 Å². The minimum absolute atomic E-state index is 0.0692. The van der Waals surface area contributed by atoms with Gasteiger partial charge in [-0.05, 0) is 42.5 Å². The van der Waals surface area contributed by atoms with Crippen LogP contribution in [0, 0.1) is 0 Å². The molecule has 31 heavy (non-hydrogen) atoms. The van der Waals surface area contributed by atoms with Crippen molar-refractivity contribution in [2.24, 2.45) is 0 Å². The highest BCUT2D eigenvalue weighted by Crippen LogP contribution is 2.29. The molecular weight excluding hydrogens is 420 g/mol. The van der Waals surface area contributed by atoms with Crippen LogP contribution in [-0.4, -0.2) is 34.5 Å². The van der Waals surface area contributed by atoms with Gasteiger partial charge in [0, 0.05) is 5.56 Å². The second kappa shape index (κ2) is 9.31. The molecule has 3 rings (SSSR count). The largest absolute Gasteiger partial charge is 0.495 e. The second-order valence-corrected chi connectivity index (χ2v) is 8.01. The summed E-state index contributed by atoms with van der Waals surface area (Å²) in [7, 11) is -1.47. The van der Waals surface area contributed by atoms with E-state index in [1.165, 1.54) is 44.6 Å². The van der Waals surface area contributed by atoms with Crippen LogP contribution in [-0.2, 0) is 14.8 Å². The number of benzene rings is 3. The number of rotatable bonds is 7. The minimum Gasteiger partial charge on any atom is -0.495 e. The number of anilines is 2. The van der Waals surface area contributed by atoms with Gasteiger partial charge >= 0.3 is 5.97 Å². The number of methoxy groups -OCH3 is 2. The summed E-state index contributed by atoms with van der Waals surface area (Å²) in [4.78, 5) is 24.3. The highest BCUT2D eigenvalue weighted by Gasteiger charge is 2.21. The summed E-state index contributed by atoms with van der Waals surface area (Å²) < 4.78 is 38.2. The first-order valence-electron chi connectivity index (χ1n) is 9.10. The molecule has 0 atom stereocenters. The molecule has 3 aromatic rings. The van der Waals surface area contributed by atoms with Crippen molar-refractivity contribution in [1.29, 1.82) is 0 Å². The molecule has 2 N–H and O–H groups in total. The maximum absolute atomic E-state index is 13.0. The molecule has 0 bridgehead atoms. The Bertz CT molecular complexity index is 1210. The SMILES string of the molecule is COC(=O)c1ccccc1NS(=O)(=O)c1ccc(OC)c(NC(=O)c2ccccc2)c1. The number of hydrogen-bond acceptors (Lipinski definition) is 6. The maximum Gasteiger partial charge on any atom is 0.339 e. The molecule has 0 radical (unpaired) electrons. The Morgan fingerprint density at radius 1 is 0.839 bits per heavy atom. The summed E-state index contributed by atoms with van der Waals surface area (Å²) in [5.74, 6) is -0.806. The summed E-state index contributed by atoms with van der Waals surface area (Å²) >= 11 is 0. The van der Waals surface area contributed by atoms with Gasteiger partial charge in [0.2, 0.25) is 0 Å². The molecule has 0 fully saturated rings. The lowest BCUT2D eigenvalue weighted by Gasteiger charge is -2.14. The summed E-state index contributed by atoms with van der Waals surface area (Å²) in [6.07, 6.45) is 0. The molecule has 0 saturated carbocycles. The summed E-state index contributed by atoms with van der Waals surface area (Å²) in [5.41, 5.74) is 0.725. The fourth-order valence-corrected chi connectivity index (χ4v) is 3.91. The zero-order valence-electron chi connectivity index (χ0n) is 16.8. The van der Waals surface area contributed by atoms with Crippen LogP contribution in [0.5, 0.6) is 5.75 Å². The van der Waals surface area contributed by atoms with Crippen molar-refractivity contribution in [3.05, 3.63) is 83.9 Å². The van der Waals surface area contributed by atoms with Gasteiger partial charge in [0.05, 0.1) is 36.1 Å². The smallest absolute Gasteiger partial charge is 0.339 e. The molecule has 1 amide bonds. The third-order valence-electron chi connectivity index (χ3n) is 4.34. The highest BCUT2D eigenvalue weighted by atomic mass is 32.2. The zero-order chi connectivity index (χ0) is 22.4. The first-order valence-corrected chi connectivity index (χ1v) is 10.6. The van der Waals surface area contributed by atoms with E-state index in [1.807, 2.05) is 0 Å². The minimum atomic E-state index is -4.09. The molecule has 0 aliphatic heterocycles. The van der Waals surface area contributed by atoms with E-state index in [4.69, 9.17) is 9.47 Å². The average Bonchev–Trinajstić information content (AvgIpc) is 2.79. The number of ether oxygens (including phenoxy) is 2. The number of sulfonamides is 1. The van der Waals surface area contributed by atoms with Crippen LogP contribution >= 0.6 is 0 Å². The number of carbonyl (C=O) groups excluding carboxylic acids is 2. The molecule has 0 aromatic heterocycles. The van der Waals surface area contributed by atoms with Crippen LogP contribution in [0.4, 0.5) is 11.4 Å². The van der Waals surface area contributed by atoms with E-state index in [1.54, 1.807) is 42.5 Å². The quantitative estimate of drug-likeness (QED) is 0.544. The normalized spacial score (nSPS) is 10.8. The van der Waals surface area contributed by atoms with E-state index in [2.05, 4.69) is 10.0 Å². The van der Waals surface area contributed by atoms with Gasteiger partial charge in [0.25, 0.3) is 15.9 Å². The fraction of sp³-hybridized carbons (Fsp3) is 0.0909. The fourth-order valence-electron chi connectivity index (χ4n) is 2.80. The second-order valence-electron chi connectivity index (χ2n) is 6.32. The molecule has 0 aliphatic carbocycles. The predicted octanol–water partition coefficient (Wildman–Crippen LogP) is 3.53. The lowest BCUT2D eigenvalue weighted by molar-refractivity contribution is 0.0602. The first kappa shape index (κ1) is 21.8. The molecule has 0 unspecified atom stereocenters. The number of amides is 1. The number of hydrogen-bond donors (Lipinski definition) is 2. The molecule has 0 aliphatic rings. The highest BCUT2D eigenvalue weighted by molar-refractivity contribution is 7.92. The van der Waals surface area contributed by atoms with Crippen LogP contribution in [0.15, 0.2) is 77.7 Å². The van der Waals surface area contributed by atoms with E-state index in [0.29, 0.717) is 5.56 Å². The van der Waals surface area contributed by atoms with Crippen molar-refractivity contribution >= 4 is 33.3 Å². The van der Waals surface area contributed by atoms with Crippen molar-refractivity contribution in [3.8, 4) is 5.75 Å². The summed E-state index contributed by atoms with van der Waals surface area (Å²) in [6.45, 7) is 0. The van der Waals surface area contributed by atoms with Crippen LogP contribution in [0.2, 0.25) is 0 Å². The zero-order valence-corrected chi connectivity index (χ0v) is 17.6. The monoisotopic (exact) mass is 440 g/mol. The van der Waals surface area contributed by atoms with Gasteiger partial charge in [-0.15, -0.1) is 0 Å². The van der Waals surface area contributed by atoms with Gasteiger partial charge in [-0.1, -0.05) is 30.3 Å². The number of esters is 1. The van der Waals surface area contributed by atoms with Crippen molar-refractivity contribution in [2.45, 2.75) is 4.90 Å². The lowest BCUT2D eigenvalue weighted by atomic mass is 10.2. The Morgan fingerprint density at radius 2 is 1.52 bits per heavy atom. The van der Waals surface area contributed by atoms with Crippen LogP contribution in [0.25, 0.3) is 0 Å². The summed E-state index contributed by atoms with van der Waals surface area (Å²) in [6, 6.07) is 18.6. The summed E-state index contributed by atoms with van der Waals surface area (Å²) in [5, 5.41) is 2.66. The standard InChI is InChI=1S/C22H20N2O6S/c1-29-20-13-12-16(14-19(20)23-21(25)15-8-4-3-5-9-15)31(27,28)24-18-11-7-6-10-17(18)22(26)30-2/h3-14,24H,1-2H3,(H,23,25). The molecule has 0 heterocycles. The van der Waals surface area contributed by atoms with E-state index >= 15 is 0 Å². The van der Waals surface area contributed by atoms with E-state index in [9.17, 15) is 18.0 Å². The Labute approximate surface area is 179 Å². The van der Waals surface area contributed by atoms with Crippen LogP contribution < -0.4 is 14.8 Å². The number of carbonyl (C=O) groups is 2. The van der Waals surface area contributed by atoms with Crippen molar-refractivity contribution in [1.82, 2.24) is 0 Å². The number of para-hydroxylation sites is 1. The van der Waals surface area contributed by atoms with Gasteiger partial charge in [-0.25, -0.2) is 13.2 Å². The average molecular weight is 440 g/mol. The van der Waals surface area contributed by atoms with Crippen molar-refractivity contribution < 1.29 is 27.5 Å². The molecular formula is C22H20N2O6S. The lowest BCUT2D eigenvalue weighted by Crippen LogP contribution is -2.17. The third-order valence-corrected chi connectivity index (χ3v) is 5.71. The number of nitrogens with one attached hydrogen (secondary N) is 2. The van der Waals surface area contributed by atoms with Gasteiger partial charge in [-0.2, -0.15) is 0 Å². The molecule has 3 aromatic carbocycles. The topological polar surface area (TPSA) is 111 Å². The van der Waals surface area contributed by atoms with E-state index in [0.717, 1.165) is 0 Å². The van der Waals surface area contributed by atoms with Gasteiger partial charge in [0.1, 0.15) is 5.75 Å². The molecule has 0 spiro atoms. The molecule has 9 heteroatoms.